The third-order valence-corrected chi connectivity index (χ3v) is 3.99. The van der Waals surface area contributed by atoms with Crippen molar-refractivity contribution in [3.05, 3.63) is 48.5 Å². The van der Waals surface area contributed by atoms with Crippen LogP contribution >= 0.6 is 0 Å². The summed E-state index contributed by atoms with van der Waals surface area (Å²) in [7, 11) is 0. The van der Waals surface area contributed by atoms with Crippen molar-refractivity contribution < 1.29 is 50.6 Å². The van der Waals surface area contributed by atoms with Crippen molar-refractivity contribution in [2.45, 2.75) is 12.4 Å². The molecule has 0 saturated carbocycles. The summed E-state index contributed by atoms with van der Waals surface area (Å²) in [5.74, 6) is -4.75. The molecule has 0 unspecified atom stereocenters. The van der Waals surface area contributed by atoms with Crippen molar-refractivity contribution in [2.75, 3.05) is 28.2 Å². The second-order valence-electron chi connectivity index (χ2n) is 6.61. The van der Waals surface area contributed by atoms with Gasteiger partial charge in [0, 0.05) is 11.4 Å². The van der Waals surface area contributed by atoms with E-state index in [0.717, 1.165) is 0 Å². The second-order valence-corrected chi connectivity index (χ2v) is 6.61. The van der Waals surface area contributed by atoms with Gasteiger partial charge in [0.2, 0.25) is 6.41 Å². The summed E-state index contributed by atoms with van der Waals surface area (Å²) in [6.07, 6.45) is -10.8. The number of benzene rings is 2. The zero-order valence-corrected chi connectivity index (χ0v) is 17.6. The molecule has 5 N–H and O–H groups in total. The van der Waals surface area contributed by atoms with Crippen molar-refractivity contribution in [3.8, 4) is 0 Å². The molecule has 0 aromatic heterocycles. The highest BCUT2D eigenvalue weighted by Crippen LogP contribution is 2.22. The average Bonchev–Trinajstić information content (AvgIpc) is 2.81. The van der Waals surface area contributed by atoms with Crippen LogP contribution in [0.5, 0.6) is 0 Å². The minimum absolute atomic E-state index is 0.0101. The third-order valence-electron chi connectivity index (χ3n) is 3.99. The molecule has 11 nitrogen and oxygen atoms in total. The summed E-state index contributed by atoms with van der Waals surface area (Å²) in [5, 5.41) is 13.4. The van der Waals surface area contributed by atoms with E-state index >= 15 is 0 Å². The lowest BCUT2D eigenvalue weighted by molar-refractivity contribution is -0.187. The predicted molar refractivity (Wildman–Crippen MR) is 112 cm³/mol. The van der Waals surface area contributed by atoms with Crippen molar-refractivity contribution in [2.24, 2.45) is 0 Å². The standard InChI is InChI=1S/C19H16F6N6O5/c20-18(21,22)15(34)30(9-32)28-13-5-1-11(2-6-13)26-17(36)27-12-3-7-14(8-4-12)29-31(10-33)16(35)19(23,24)25/h1-9,28-29,33H,10H2,(H2,26,27,36). The number of urea groups is 1. The highest BCUT2D eigenvalue weighted by molar-refractivity contribution is 6.00. The summed E-state index contributed by atoms with van der Waals surface area (Å²) in [6, 6.07) is 9.03. The minimum atomic E-state index is -5.28. The maximum Gasteiger partial charge on any atom is 0.473 e. The highest BCUT2D eigenvalue weighted by atomic mass is 19.4. The largest absolute Gasteiger partial charge is 0.473 e. The van der Waals surface area contributed by atoms with Gasteiger partial charge in [0.25, 0.3) is 0 Å². The summed E-state index contributed by atoms with van der Waals surface area (Å²) in [6.45, 7) is -1.26. The number of amides is 5. The van der Waals surface area contributed by atoms with Crippen LogP contribution in [0.2, 0.25) is 0 Å². The molecule has 2 aromatic carbocycles. The molecule has 0 aliphatic heterocycles. The number of carbonyl (C=O) groups is 4. The number of hydrazine groups is 2. The highest BCUT2D eigenvalue weighted by Gasteiger charge is 2.43. The van der Waals surface area contributed by atoms with Gasteiger partial charge < -0.3 is 15.7 Å². The number of rotatable bonds is 8. The van der Waals surface area contributed by atoms with E-state index in [1.54, 1.807) is 0 Å². The first kappa shape index (κ1) is 27.7. The number of anilines is 4. The molecule has 0 bridgehead atoms. The van der Waals surface area contributed by atoms with Crippen LogP contribution in [0, 0.1) is 0 Å². The van der Waals surface area contributed by atoms with E-state index in [-0.39, 0.29) is 39.2 Å². The number of halogens is 6. The molecule has 0 fully saturated rings. The lowest BCUT2D eigenvalue weighted by atomic mass is 10.3. The normalized spacial score (nSPS) is 11.2. The van der Waals surface area contributed by atoms with Crippen LogP contribution in [0.25, 0.3) is 0 Å². The van der Waals surface area contributed by atoms with Crippen LogP contribution in [0.15, 0.2) is 48.5 Å². The zero-order chi connectivity index (χ0) is 27.1. The fraction of sp³-hybridized carbons (Fsp3) is 0.158. The first-order valence-corrected chi connectivity index (χ1v) is 9.41. The van der Waals surface area contributed by atoms with E-state index in [1.165, 1.54) is 48.5 Å². The number of nitrogens with zero attached hydrogens (tertiary/aromatic N) is 2. The number of alkyl halides is 6. The third kappa shape index (κ3) is 7.76. The van der Waals surface area contributed by atoms with Crippen molar-refractivity contribution >= 4 is 47.0 Å². The van der Waals surface area contributed by atoms with Gasteiger partial charge in [-0.15, -0.1) is 0 Å². The van der Waals surface area contributed by atoms with E-state index in [4.69, 9.17) is 5.11 Å². The molecule has 36 heavy (non-hydrogen) atoms. The molecule has 5 amide bonds. The van der Waals surface area contributed by atoms with Gasteiger partial charge in [-0.2, -0.15) is 31.4 Å². The number of hydrogen-bond donors (Lipinski definition) is 5. The SMILES string of the molecule is O=CN(Nc1ccc(NC(=O)Nc2ccc(NN(CO)C(=O)C(F)(F)F)cc2)cc1)C(=O)C(F)(F)F. The molecule has 0 aliphatic rings. The zero-order valence-electron chi connectivity index (χ0n) is 17.6. The predicted octanol–water partition coefficient (Wildman–Crippen LogP) is 2.87. The van der Waals surface area contributed by atoms with Gasteiger partial charge in [-0.1, -0.05) is 0 Å². The van der Waals surface area contributed by atoms with Gasteiger partial charge in [-0.05, 0) is 48.5 Å². The number of aliphatic hydroxyl groups excluding tert-OH is 1. The van der Waals surface area contributed by atoms with Crippen molar-refractivity contribution in [1.82, 2.24) is 10.0 Å². The molecule has 0 radical (unpaired) electrons. The molecule has 0 heterocycles. The van der Waals surface area contributed by atoms with E-state index in [2.05, 4.69) is 16.1 Å². The molecule has 2 rings (SSSR count). The van der Waals surface area contributed by atoms with Crippen LogP contribution in [0.1, 0.15) is 0 Å². The molecule has 0 aliphatic carbocycles. The molecular weight excluding hydrogens is 506 g/mol. The number of aliphatic hydroxyl groups is 1. The Morgan fingerprint density at radius 1 is 0.722 bits per heavy atom. The fourth-order valence-electron chi connectivity index (χ4n) is 2.41. The molecule has 0 saturated heterocycles. The maximum atomic E-state index is 12.5. The molecular formula is C19H16F6N6O5. The maximum absolute atomic E-state index is 12.5. The van der Waals surface area contributed by atoms with E-state index in [1.807, 2.05) is 5.43 Å². The van der Waals surface area contributed by atoms with Crippen LogP contribution < -0.4 is 21.5 Å². The quantitative estimate of drug-likeness (QED) is 0.155. The first-order valence-electron chi connectivity index (χ1n) is 9.41. The van der Waals surface area contributed by atoms with Crippen LogP contribution in [-0.2, 0) is 14.4 Å². The van der Waals surface area contributed by atoms with Gasteiger partial charge in [0.1, 0.15) is 6.73 Å². The van der Waals surface area contributed by atoms with Crippen LogP contribution in [-0.4, -0.2) is 58.5 Å². The van der Waals surface area contributed by atoms with Crippen LogP contribution in [0.4, 0.5) is 53.9 Å². The first-order chi connectivity index (χ1) is 16.7. The summed E-state index contributed by atoms with van der Waals surface area (Å²) < 4.78 is 74.7. The van der Waals surface area contributed by atoms with Gasteiger partial charge in [-0.25, -0.2) is 9.80 Å². The average molecular weight is 522 g/mol. The van der Waals surface area contributed by atoms with E-state index in [0.29, 0.717) is 0 Å². The number of hydrogen-bond acceptors (Lipinski definition) is 7. The Morgan fingerprint density at radius 3 is 1.47 bits per heavy atom. The monoisotopic (exact) mass is 522 g/mol. The molecule has 2 aromatic rings. The number of carbonyl (C=O) groups excluding carboxylic acids is 4. The number of nitrogens with one attached hydrogen (secondary N) is 4. The lowest BCUT2D eigenvalue weighted by Crippen LogP contribution is -2.45. The molecule has 0 atom stereocenters. The molecule has 17 heteroatoms. The Kier molecular flexibility index (Phi) is 8.66. The van der Waals surface area contributed by atoms with Crippen molar-refractivity contribution in [1.29, 1.82) is 0 Å². The van der Waals surface area contributed by atoms with Gasteiger partial charge >= 0.3 is 30.2 Å². The molecule has 194 valence electrons. The van der Waals surface area contributed by atoms with Crippen molar-refractivity contribution in [3.63, 3.8) is 0 Å². The Hall–Kier alpha value is -4.54. The van der Waals surface area contributed by atoms with Gasteiger partial charge in [0.15, 0.2) is 0 Å². The van der Waals surface area contributed by atoms with E-state index < -0.39 is 36.9 Å². The smallest absolute Gasteiger partial charge is 0.374 e. The summed E-state index contributed by atoms with van der Waals surface area (Å²) in [4.78, 5) is 45.1. The van der Waals surface area contributed by atoms with Crippen LogP contribution in [0.3, 0.4) is 0 Å². The van der Waals surface area contributed by atoms with Gasteiger partial charge in [-0.3, -0.25) is 25.2 Å². The second kappa shape index (κ2) is 11.3. The Labute approximate surface area is 197 Å². The topological polar surface area (TPSA) is 143 Å². The summed E-state index contributed by atoms with van der Waals surface area (Å²) >= 11 is 0. The minimum Gasteiger partial charge on any atom is -0.374 e. The lowest BCUT2D eigenvalue weighted by Gasteiger charge is -2.22. The summed E-state index contributed by atoms with van der Waals surface area (Å²) in [5.41, 5.74) is 4.28. The Bertz CT molecular complexity index is 1090. The number of imide groups is 1. The van der Waals surface area contributed by atoms with E-state index in [9.17, 15) is 45.5 Å². The Morgan fingerprint density at radius 2 is 1.11 bits per heavy atom. The van der Waals surface area contributed by atoms with Gasteiger partial charge in [0.05, 0.1) is 11.4 Å². The molecule has 0 spiro atoms. The Balaban J connectivity index is 1.93. The fourth-order valence-corrected chi connectivity index (χ4v) is 2.41.